The van der Waals surface area contributed by atoms with Gasteiger partial charge in [-0.2, -0.15) is 5.10 Å². The largest absolute Gasteiger partial charge is 0.476 e. The molecule has 1 aromatic rings. The lowest BCUT2D eigenvalue weighted by Crippen LogP contribution is -2.34. The van der Waals surface area contributed by atoms with Crippen molar-refractivity contribution in [1.29, 1.82) is 0 Å². The van der Waals surface area contributed by atoms with Crippen molar-refractivity contribution in [1.82, 2.24) is 15.1 Å². The van der Waals surface area contributed by atoms with Gasteiger partial charge < -0.3 is 10.0 Å². The molecule has 0 spiro atoms. The molecule has 6 heteroatoms. The van der Waals surface area contributed by atoms with Crippen LogP contribution in [0.2, 0.25) is 0 Å². The number of rotatable bonds is 3. The summed E-state index contributed by atoms with van der Waals surface area (Å²) >= 11 is 0. The fraction of sp³-hybridized carbons (Fsp3) is 0.545. The Bertz CT molecular complexity index is 453. The summed E-state index contributed by atoms with van der Waals surface area (Å²) in [7, 11) is 0. The second-order valence-electron chi connectivity index (χ2n) is 4.25. The molecule has 2 rings (SSSR count). The molecular weight excluding hydrogens is 222 g/mol. The van der Waals surface area contributed by atoms with Gasteiger partial charge in [0.25, 0.3) is 0 Å². The van der Waals surface area contributed by atoms with Crippen LogP contribution in [-0.2, 0) is 11.3 Å². The van der Waals surface area contributed by atoms with E-state index in [2.05, 4.69) is 10.2 Å². The predicted octanol–water partition coefficient (Wildman–Crippen LogP) is 0.929. The van der Waals surface area contributed by atoms with E-state index in [1.165, 1.54) is 0 Å². The summed E-state index contributed by atoms with van der Waals surface area (Å²) in [6.07, 6.45) is 2.53. The average molecular weight is 237 g/mol. The molecule has 0 bridgehead atoms. The number of carbonyl (C=O) groups is 2. The van der Waals surface area contributed by atoms with Crippen LogP contribution in [0.4, 0.5) is 0 Å². The van der Waals surface area contributed by atoms with Crippen molar-refractivity contribution in [2.45, 2.75) is 32.7 Å². The molecule has 0 aromatic carbocycles. The first-order valence-corrected chi connectivity index (χ1v) is 5.64. The molecule has 0 atom stereocenters. The van der Waals surface area contributed by atoms with Crippen molar-refractivity contribution in [2.75, 3.05) is 6.54 Å². The molecule has 1 fully saturated rings. The molecule has 1 amide bonds. The van der Waals surface area contributed by atoms with E-state index in [0.29, 0.717) is 24.2 Å². The van der Waals surface area contributed by atoms with Crippen molar-refractivity contribution in [3.8, 4) is 0 Å². The number of aromatic amines is 1. The van der Waals surface area contributed by atoms with Crippen LogP contribution < -0.4 is 0 Å². The van der Waals surface area contributed by atoms with Crippen molar-refractivity contribution < 1.29 is 14.7 Å². The van der Waals surface area contributed by atoms with E-state index in [4.69, 9.17) is 5.11 Å². The van der Waals surface area contributed by atoms with Crippen molar-refractivity contribution in [3.63, 3.8) is 0 Å². The van der Waals surface area contributed by atoms with E-state index in [9.17, 15) is 9.59 Å². The summed E-state index contributed by atoms with van der Waals surface area (Å²) in [6, 6.07) is 0. The van der Waals surface area contributed by atoms with Crippen LogP contribution in [0.1, 0.15) is 41.0 Å². The molecule has 0 aliphatic carbocycles. The molecule has 0 saturated carbocycles. The Morgan fingerprint density at radius 2 is 2.29 bits per heavy atom. The second kappa shape index (κ2) is 4.57. The summed E-state index contributed by atoms with van der Waals surface area (Å²) in [5, 5.41) is 15.3. The fourth-order valence-electron chi connectivity index (χ4n) is 2.02. The normalized spacial score (nSPS) is 16.3. The smallest absolute Gasteiger partial charge is 0.356 e. The molecule has 92 valence electrons. The van der Waals surface area contributed by atoms with Gasteiger partial charge in [0, 0.05) is 18.5 Å². The van der Waals surface area contributed by atoms with Gasteiger partial charge in [-0.3, -0.25) is 9.89 Å². The number of H-pyrrole nitrogens is 1. The first kappa shape index (κ1) is 11.6. The van der Waals surface area contributed by atoms with E-state index in [1.807, 2.05) is 0 Å². The minimum Gasteiger partial charge on any atom is -0.476 e. The molecule has 1 saturated heterocycles. The zero-order chi connectivity index (χ0) is 12.4. The molecule has 1 aromatic heterocycles. The number of nitrogens with one attached hydrogen (secondary N) is 1. The van der Waals surface area contributed by atoms with Gasteiger partial charge in [0.15, 0.2) is 5.69 Å². The van der Waals surface area contributed by atoms with E-state index < -0.39 is 5.97 Å². The SMILES string of the molecule is Cc1c(C(=O)O)n[nH]c1CN1CCCCC1=O. The number of hydrogen-bond donors (Lipinski definition) is 2. The first-order valence-electron chi connectivity index (χ1n) is 5.64. The van der Waals surface area contributed by atoms with Crippen LogP contribution in [0.3, 0.4) is 0 Å². The van der Waals surface area contributed by atoms with Crippen LogP contribution >= 0.6 is 0 Å². The highest BCUT2D eigenvalue weighted by Gasteiger charge is 2.21. The summed E-state index contributed by atoms with van der Waals surface area (Å²) in [4.78, 5) is 24.2. The van der Waals surface area contributed by atoms with Crippen LogP contribution in [0.5, 0.6) is 0 Å². The average Bonchev–Trinajstić information content (AvgIpc) is 2.64. The third-order valence-electron chi connectivity index (χ3n) is 3.08. The summed E-state index contributed by atoms with van der Waals surface area (Å²) < 4.78 is 0. The van der Waals surface area contributed by atoms with E-state index >= 15 is 0 Å². The number of carboxylic acid groups (broad SMARTS) is 1. The number of nitrogens with zero attached hydrogens (tertiary/aromatic N) is 2. The van der Waals surface area contributed by atoms with Crippen LogP contribution in [0, 0.1) is 6.92 Å². The second-order valence-corrected chi connectivity index (χ2v) is 4.25. The molecule has 0 radical (unpaired) electrons. The zero-order valence-electron chi connectivity index (χ0n) is 9.69. The number of carbonyl (C=O) groups excluding carboxylic acids is 1. The summed E-state index contributed by atoms with van der Waals surface area (Å²) in [5.74, 6) is -0.919. The zero-order valence-corrected chi connectivity index (χ0v) is 9.69. The minimum absolute atomic E-state index is 0.0319. The monoisotopic (exact) mass is 237 g/mol. The van der Waals surface area contributed by atoms with Crippen molar-refractivity contribution in [3.05, 3.63) is 17.0 Å². The number of aromatic nitrogens is 2. The maximum absolute atomic E-state index is 11.6. The van der Waals surface area contributed by atoms with Gasteiger partial charge >= 0.3 is 5.97 Å². The number of aromatic carboxylic acids is 1. The van der Waals surface area contributed by atoms with Crippen LogP contribution in [0.25, 0.3) is 0 Å². The third kappa shape index (κ3) is 2.30. The Kier molecular flexibility index (Phi) is 3.12. The summed E-state index contributed by atoms with van der Waals surface area (Å²) in [6.45, 7) is 2.86. The van der Waals surface area contributed by atoms with E-state index in [0.717, 1.165) is 19.4 Å². The maximum Gasteiger partial charge on any atom is 0.356 e. The van der Waals surface area contributed by atoms with Gasteiger partial charge in [-0.15, -0.1) is 0 Å². The number of hydrogen-bond acceptors (Lipinski definition) is 3. The summed E-state index contributed by atoms with van der Waals surface area (Å²) in [5.41, 5.74) is 1.35. The molecule has 0 unspecified atom stereocenters. The van der Waals surface area contributed by atoms with Crippen molar-refractivity contribution >= 4 is 11.9 Å². The third-order valence-corrected chi connectivity index (χ3v) is 3.08. The molecule has 17 heavy (non-hydrogen) atoms. The Hall–Kier alpha value is -1.85. The van der Waals surface area contributed by atoms with E-state index in [-0.39, 0.29) is 11.6 Å². The van der Waals surface area contributed by atoms with Crippen LogP contribution in [0.15, 0.2) is 0 Å². The Labute approximate surface area is 98.6 Å². The molecule has 1 aliphatic heterocycles. The fourth-order valence-corrected chi connectivity index (χ4v) is 2.02. The highest BCUT2D eigenvalue weighted by molar-refractivity contribution is 5.87. The molecule has 1 aliphatic rings. The Morgan fingerprint density at radius 3 is 2.88 bits per heavy atom. The quantitative estimate of drug-likeness (QED) is 0.818. The minimum atomic E-state index is -1.05. The lowest BCUT2D eigenvalue weighted by molar-refractivity contribution is -0.133. The lowest BCUT2D eigenvalue weighted by Gasteiger charge is -2.26. The lowest BCUT2D eigenvalue weighted by atomic mass is 10.1. The Morgan fingerprint density at radius 1 is 1.53 bits per heavy atom. The first-order chi connectivity index (χ1) is 8.09. The van der Waals surface area contributed by atoms with E-state index in [1.54, 1.807) is 11.8 Å². The highest BCUT2D eigenvalue weighted by atomic mass is 16.4. The van der Waals surface area contributed by atoms with Gasteiger partial charge in [0.2, 0.25) is 5.91 Å². The number of likely N-dealkylation sites (tertiary alicyclic amines) is 1. The predicted molar refractivity (Wildman–Crippen MR) is 59.6 cm³/mol. The van der Waals surface area contributed by atoms with Gasteiger partial charge in [-0.25, -0.2) is 4.79 Å². The topological polar surface area (TPSA) is 86.3 Å². The molecule has 2 N–H and O–H groups in total. The standard InChI is InChI=1S/C11H15N3O3/c1-7-8(12-13-10(7)11(16)17)6-14-5-3-2-4-9(14)15/h2-6H2,1H3,(H,12,13)(H,16,17). The molecule has 2 heterocycles. The van der Waals surface area contributed by atoms with Gasteiger partial charge in [0.1, 0.15) is 0 Å². The number of carboxylic acids is 1. The van der Waals surface area contributed by atoms with Gasteiger partial charge in [-0.05, 0) is 19.8 Å². The van der Waals surface area contributed by atoms with Gasteiger partial charge in [-0.1, -0.05) is 0 Å². The molecule has 6 nitrogen and oxygen atoms in total. The number of piperidine rings is 1. The van der Waals surface area contributed by atoms with Gasteiger partial charge in [0.05, 0.1) is 12.2 Å². The highest BCUT2D eigenvalue weighted by Crippen LogP contribution is 2.16. The molecular formula is C11H15N3O3. The van der Waals surface area contributed by atoms with Crippen LogP contribution in [-0.4, -0.2) is 38.6 Å². The number of amides is 1. The van der Waals surface area contributed by atoms with Crippen molar-refractivity contribution in [2.24, 2.45) is 0 Å². The maximum atomic E-state index is 11.6. The Balaban J connectivity index is 2.13.